The van der Waals surface area contributed by atoms with E-state index in [-0.39, 0.29) is 12.3 Å². The van der Waals surface area contributed by atoms with Crippen molar-refractivity contribution in [1.82, 2.24) is 4.98 Å². The molecule has 0 fully saturated rings. The van der Waals surface area contributed by atoms with E-state index in [4.69, 9.17) is 5.11 Å². The lowest BCUT2D eigenvalue weighted by Crippen LogP contribution is -2.13. The van der Waals surface area contributed by atoms with Crippen LogP contribution >= 0.6 is 0 Å². The number of benzene rings is 1. The molecule has 2 aromatic rings. The number of amides is 1. The van der Waals surface area contributed by atoms with Gasteiger partial charge in [0.15, 0.2) is 0 Å². The Morgan fingerprint density at radius 1 is 1.28 bits per heavy atom. The van der Waals surface area contributed by atoms with Gasteiger partial charge in [-0.15, -0.1) is 0 Å². The van der Waals surface area contributed by atoms with Crippen LogP contribution in [0.25, 0.3) is 0 Å². The number of halogens is 1. The second kappa shape index (κ2) is 5.37. The number of carbonyl (C=O) groups excluding carboxylic acids is 1. The van der Waals surface area contributed by atoms with Crippen LogP contribution in [0.2, 0.25) is 0 Å². The summed E-state index contributed by atoms with van der Waals surface area (Å²) in [6.45, 7) is -0.185. The van der Waals surface area contributed by atoms with Gasteiger partial charge in [0, 0.05) is 6.20 Å². The molecule has 0 saturated heterocycles. The highest BCUT2D eigenvalue weighted by Gasteiger charge is 2.09. The van der Waals surface area contributed by atoms with Crippen LogP contribution in [0, 0.1) is 5.82 Å². The maximum Gasteiger partial charge on any atom is 0.257 e. The largest absolute Gasteiger partial charge is 0.390 e. The maximum atomic E-state index is 13.3. The van der Waals surface area contributed by atoms with E-state index in [0.29, 0.717) is 11.3 Å². The molecule has 0 radical (unpaired) electrons. The van der Waals surface area contributed by atoms with Crippen molar-refractivity contribution in [1.29, 1.82) is 0 Å². The van der Waals surface area contributed by atoms with Gasteiger partial charge >= 0.3 is 0 Å². The van der Waals surface area contributed by atoms with Crippen molar-refractivity contribution in [2.75, 3.05) is 5.32 Å². The van der Waals surface area contributed by atoms with E-state index in [1.807, 2.05) is 0 Å². The summed E-state index contributed by atoms with van der Waals surface area (Å²) >= 11 is 0. The first kappa shape index (κ1) is 12.2. The van der Waals surface area contributed by atoms with Crippen molar-refractivity contribution in [3.8, 4) is 0 Å². The minimum Gasteiger partial charge on any atom is -0.390 e. The molecule has 5 heteroatoms. The number of nitrogens with one attached hydrogen (secondary N) is 1. The van der Waals surface area contributed by atoms with E-state index in [2.05, 4.69) is 10.3 Å². The van der Waals surface area contributed by atoms with E-state index >= 15 is 0 Å². The molecule has 1 heterocycles. The fraction of sp³-hybridized carbons (Fsp3) is 0.0769. The molecule has 0 saturated carbocycles. The number of aliphatic hydroxyl groups excluding tert-OH is 1. The smallest absolute Gasteiger partial charge is 0.257 e. The van der Waals surface area contributed by atoms with Crippen LogP contribution in [0.15, 0.2) is 42.6 Å². The van der Waals surface area contributed by atoms with Crippen LogP contribution in [-0.4, -0.2) is 16.0 Å². The highest BCUT2D eigenvalue weighted by molar-refractivity contribution is 6.04. The Bertz CT molecular complexity index is 555. The minimum atomic E-state index is -0.495. The number of rotatable bonds is 3. The number of hydrogen-bond donors (Lipinski definition) is 2. The van der Waals surface area contributed by atoms with Gasteiger partial charge in [0.1, 0.15) is 5.82 Å². The predicted molar refractivity (Wildman–Crippen MR) is 64.5 cm³/mol. The fourth-order valence-electron chi connectivity index (χ4n) is 1.41. The van der Waals surface area contributed by atoms with Gasteiger partial charge in [-0.2, -0.15) is 0 Å². The van der Waals surface area contributed by atoms with Gasteiger partial charge < -0.3 is 10.4 Å². The molecule has 0 bridgehead atoms. The SMILES string of the molecule is O=C(Nc1ccccc1F)c1ccc(CO)nc1. The molecule has 1 amide bonds. The number of hydrogen-bond acceptors (Lipinski definition) is 3. The van der Waals surface area contributed by atoms with Crippen LogP contribution in [-0.2, 0) is 6.61 Å². The zero-order valence-corrected chi connectivity index (χ0v) is 9.43. The average Bonchev–Trinajstić information content (AvgIpc) is 2.41. The zero-order valence-electron chi connectivity index (χ0n) is 9.43. The molecular weight excluding hydrogens is 235 g/mol. The first-order chi connectivity index (χ1) is 8.70. The van der Waals surface area contributed by atoms with Crippen LogP contribution in [0.3, 0.4) is 0 Å². The molecule has 0 aliphatic carbocycles. The number of nitrogens with zero attached hydrogens (tertiary/aromatic N) is 1. The molecule has 2 N–H and O–H groups in total. The summed E-state index contributed by atoms with van der Waals surface area (Å²) in [6.07, 6.45) is 1.34. The fourth-order valence-corrected chi connectivity index (χ4v) is 1.41. The first-order valence-corrected chi connectivity index (χ1v) is 5.32. The summed E-state index contributed by atoms with van der Waals surface area (Å²) in [4.78, 5) is 15.7. The Kier molecular flexibility index (Phi) is 3.64. The van der Waals surface area contributed by atoms with Gasteiger partial charge in [0.2, 0.25) is 0 Å². The molecule has 92 valence electrons. The molecule has 1 aromatic heterocycles. The molecule has 0 unspecified atom stereocenters. The number of carbonyl (C=O) groups is 1. The van der Waals surface area contributed by atoms with Crippen molar-refractivity contribution in [3.05, 3.63) is 59.7 Å². The first-order valence-electron chi connectivity index (χ1n) is 5.32. The number of aromatic nitrogens is 1. The molecular formula is C13H11FN2O2. The average molecular weight is 246 g/mol. The van der Waals surface area contributed by atoms with Crippen LogP contribution < -0.4 is 5.32 Å². The van der Waals surface area contributed by atoms with Gasteiger partial charge in [-0.05, 0) is 24.3 Å². The summed E-state index contributed by atoms with van der Waals surface area (Å²) in [7, 11) is 0. The second-order valence-electron chi connectivity index (χ2n) is 3.63. The van der Waals surface area contributed by atoms with Crippen LogP contribution in [0.4, 0.5) is 10.1 Å². The summed E-state index contributed by atoms with van der Waals surface area (Å²) in [5.41, 5.74) is 0.890. The molecule has 4 nitrogen and oxygen atoms in total. The third-order valence-electron chi connectivity index (χ3n) is 2.37. The van der Waals surface area contributed by atoms with Gasteiger partial charge in [-0.3, -0.25) is 9.78 Å². The Hall–Kier alpha value is -2.27. The third kappa shape index (κ3) is 2.70. The van der Waals surface area contributed by atoms with Crippen molar-refractivity contribution < 1.29 is 14.3 Å². The third-order valence-corrected chi connectivity index (χ3v) is 2.37. The number of aliphatic hydroxyl groups is 1. The van der Waals surface area contributed by atoms with E-state index < -0.39 is 11.7 Å². The zero-order chi connectivity index (χ0) is 13.0. The van der Waals surface area contributed by atoms with Gasteiger partial charge in [0.25, 0.3) is 5.91 Å². The van der Waals surface area contributed by atoms with Crippen molar-refractivity contribution in [3.63, 3.8) is 0 Å². The molecule has 2 rings (SSSR count). The summed E-state index contributed by atoms with van der Waals surface area (Å²) in [5.74, 6) is -0.942. The van der Waals surface area contributed by atoms with Gasteiger partial charge in [-0.1, -0.05) is 12.1 Å². The number of para-hydroxylation sites is 1. The summed E-state index contributed by atoms with van der Waals surface area (Å²) in [5, 5.41) is 11.3. The van der Waals surface area contributed by atoms with E-state index in [1.165, 1.54) is 30.5 Å². The highest BCUT2D eigenvalue weighted by Crippen LogP contribution is 2.13. The lowest BCUT2D eigenvalue weighted by Gasteiger charge is -2.06. The Morgan fingerprint density at radius 3 is 2.67 bits per heavy atom. The maximum absolute atomic E-state index is 13.3. The molecule has 0 aliphatic heterocycles. The summed E-state index contributed by atoms with van der Waals surface area (Å²) in [6, 6.07) is 8.98. The van der Waals surface area contributed by atoms with Crippen molar-refractivity contribution >= 4 is 11.6 Å². The van der Waals surface area contributed by atoms with Gasteiger partial charge in [0.05, 0.1) is 23.6 Å². The predicted octanol–water partition coefficient (Wildman–Crippen LogP) is 1.97. The number of anilines is 1. The monoisotopic (exact) mass is 246 g/mol. The lowest BCUT2D eigenvalue weighted by molar-refractivity contribution is 0.102. The van der Waals surface area contributed by atoms with Crippen molar-refractivity contribution in [2.45, 2.75) is 6.61 Å². The Balaban J connectivity index is 2.14. The van der Waals surface area contributed by atoms with Crippen molar-refractivity contribution in [2.24, 2.45) is 0 Å². The van der Waals surface area contributed by atoms with Crippen LogP contribution in [0.1, 0.15) is 16.1 Å². The lowest BCUT2D eigenvalue weighted by atomic mass is 10.2. The second-order valence-corrected chi connectivity index (χ2v) is 3.63. The molecule has 0 aliphatic rings. The molecule has 0 atom stereocenters. The molecule has 18 heavy (non-hydrogen) atoms. The normalized spacial score (nSPS) is 10.1. The quantitative estimate of drug-likeness (QED) is 0.870. The van der Waals surface area contributed by atoms with E-state index in [1.54, 1.807) is 12.1 Å². The summed E-state index contributed by atoms with van der Waals surface area (Å²) < 4.78 is 13.3. The van der Waals surface area contributed by atoms with Gasteiger partial charge in [-0.25, -0.2) is 4.39 Å². The highest BCUT2D eigenvalue weighted by atomic mass is 19.1. The topological polar surface area (TPSA) is 62.2 Å². The molecule has 0 spiro atoms. The minimum absolute atomic E-state index is 0.119. The Morgan fingerprint density at radius 2 is 2.06 bits per heavy atom. The standard InChI is InChI=1S/C13H11FN2O2/c14-11-3-1-2-4-12(11)16-13(18)9-5-6-10(8-17)15-7-9/h1-7,17H,8H2,(H,16,18). The molecule has 1 aromatic carbocycles. The number of pyridine rings is 1. The Labute approximate surface area is 103 Å². The van der Waals surface area contributed by atoms with E-state index in [0.717, 1.165) is 0 Å². The van der Waals surface area contributed by atoms with E-state index in [9.17, 15) is 9.18 Å². The van der Waals surface area contributed by atoms with Crippen LogP contribution in [0.5, 0.6) is 0 Å².